The number of hydrogen-bond donors (Lipinski definition) is 2. The second kappa shape index (κ2) is 8.11. The van der Waals surface area contributed by atoms with Crippen molar-refractivity contribution >= 4 is 35.3 Å². The topological polar surface area (TPSA) is 87.2 Å². The van der Waals surface area contributed by atoms with Crippen LogP contribution in [0.4, 0.5) is 4.39 Å². The molecule has 27 heavy (non-hydrogen) atoms. The Hall–Kier alpha value is -3.03. The molecule has 0 spiro atoms. The SMILES string of the molecule is O=C(N/N=C/c1c(Cl)cccc1Cl)c1cc(-c2ccc(F)cc2)nc(=O)[nH]1. The fourth-order valence-electron chi connectivity index (χ4n) is 2.20. The molecule has 3 aromatic rings. The Morgan fingerprint density at radius 3 is 2.48 bits per heavy atom. The van der Waals surface area contributed by atoms with Gasteiger partial charge in [0, 0.05) is 11.1 Å². The van der Waals surface area contributed by atoms with E-state index < -0.39 is 17.4 Å². The van der Waals surface area contributed by atoms with Crippen molar-refractivity contribution in [2.24, 2.45) is 5.10 Å². The molecule has 1 amide bonds. The number of H-pyrrole nitrogens is 1. The van der Waals surface area contributed by atoms with Crippen LogP contribution < -0.4 is 11.1 Å². The fourth-order valence-corrected chi connectivity index (χ4v) is 2.69. The highest BCUT2D eigenvalue weighted by Gasteiger charge is 2.10. The van der Waals surface area contributed by atoms with E-state index in [1.54, 1.807) is 18.2 Å². The normalized spacial score (nSPS) is 10.9. The summed E-state index contributed by atoms with van der Waals surface area (Å²) in [6, 6.07) is 11.7. The van der Waals surface area contributed by atoms with Crippen LogP contribution in [-0.2, 0) is 0 Å². The average molecular weight is 405 g/mol. The lowest BCUT2D eigenvalue weighted by Gasteiger charge is -2.04. The quantitative estimate of drug-likeness (QED) is 0.513. The molecule has 0 aliphatic heterocycles. The van der Waals surface area contributed by atoms with Crippen LogP contribution in [0, 0.1) is 5.82 Å². The second-order valence-electron chi connectivity index (χ2n) is 5.33. The smallest absolute Gasteiger partial charge is 0.301 e. The van der Waals surface area contributed by atoms with Crippen LogP contribution >= 0.6 is 23.2 Å². The molecule has 0 radical (unpaired) electrons. The number of benzene rings is 2. The molecule has 136 valence electrons. The van der Waals surface area contributed by atoms with E-state index in [-0.39, 0.29) is 11.4 Å². The van der Waals surface area contributed by atoms with E-state index in [1.807, 2.05) is 0 Å². The molecular weight excluding hydrogens is 394 g/mol. The number of amides is 1. The number of nitrogens with zero attached hydrogens (tertiary/aromatic N) is 2. The summed E-state index contributed by atoms with van der Waals surface area (Å²) in [7, 11) is 0. The van der Waals surface area contributed by atoms with E-state index >= 15 is 0 Å². The number of carbonyl (C=O) groups is 1. The molecule has 2 N–H and O–H groups in total. The molecule has 0 bridgehead atoms. The van der Waals surface area contributed by atoms with Gasteiger partial charge in [0.2, 0.25) is 0 Å². The van der Waals surface area contributed by atoms with Crippen molar-refractivity contribution in [3.63, 3.8) is 0 Å². The lowest BCUT2D eigenvalue weighted by atomic mass is 10.1. The summed E-state index contributed by atoms with van der Waals surface area (Å²) in [5, 5.41) is 4.54. The van der Waals surface area contributed by atoms with Crippen LogP contribution in [0.2, 0.25) is 10.0 Å². The van der Waals surface area contributed by atoms with Crippen molar-refractivity contribution < 1.29 is 9.18 Å². The van der Waals surface area contributed by atoms with E-state index in [9.17, 15) is 14.0 Å². The summed E-state index contributed by atoms with van der Waals surface area (Å²) >= 11 is 12.0. The third-order valence-electron chi connectivity index (χ3n) is 3.49. The maximum absolute atomic E-state index is 13.0. The number of carbonyl (C=O) groups excluding carboxylic acids is 1. The van der Waals surface area contributed by atoms with Gasteiger partial charge in [-0.25, -0.2) is 14.6 Å². The van der Waals surface area contributed by atoms with E-state index in [2.05, 4.69) is 20.5 Å². The van der Waals surface area contributed by atoms with Crippen LogP contribution in [-0.4, -0.2) is 22.1 Å². The second-order valence-corrected chi connectivity index (χ2v) is 6.14. The molecule has 0 saturated carbocycles. The zero-order valence-electron chi connectivity index (χ0n) is 13.5. The number of nitrogens with one attached hydrogen (secondary N) is 2. The molecule has 0 unspecified atom stereocenters. The van der Waals surface area contributed by atoms with E-state index in [4.69, 9.17) is 23.2 Å². The first-order valence-electron chi connectivity index (χ1n) is 7.59. The lowest BCUT2D eigenvalue weighted by Crippen LogP contribution is -2.24. The van der Waals surface area contributed by atoms with E-state index in [1.165, 1.54) is 36.5 Å². The van der Waals surface area contributed by atoms with Gasteiger partial charge in [0.1, 0.15) is 11.5 Å². The van der Waals surface area contributed by atoms with Gasteiger partial charge in [0.15, 0.2) is 0 Å². The molecule has 1 heterocycles. The van der Waals surface area contributed by atoms with Crippen LogP contribution in [0.3, 0.4) is 0 Å². The summed E-state index contributed by atoms with van der Waals surface area (Å²) in [4.78, 5) is 30.1. The van der Waals surface area contributed by atoms with Crippen LogP contribution in [0.5, 0.6) is 0 Å². The van der Waals surface area contributed by atoms with Crippen LogP contribution in [0.25, 0.3) is 11.3 Å². The van der Waals surface area contributed by atoms with Gasteiger partial charge >= 0.3 is 5.69 Å². The van der Waals surface area contributed by atoms with E-state index in [0.717, 1.165) is 0 Å². The first kappa shape index (κ1) is 18.8. The fraction of sp³-hybridized carbons (Fsp3) is 0. The number of halogens is 3. The highest BCUT2D eigenvalue weighted by Crippen LogP contribution is 2.22. The number of hydrogen-bond acceptors (Lipinski definition) is 4. The maximum Gasteiger partial charge on any atom is 0.346 e. The minimum absolute atomic E-state index is 0.0586. The zero-order valence-corrected chi connectivity index (χ0v) is 15.1. The highest BCUT2D eigenvalue weighted by molar-refractivity contribution is 6.38. The third kappa shape index (κ3) is 4.58. The van der Waals surface area contributed by atoms with Crippen molar-refractivity contribution in [1.29, 1.82) is 0 Å². The van der Waals surface area contributed by atoms with Gasteiger partial charge in [-0.05, 0) is 42.5 Å². The van der Waals surface area contributed by atoms with Gasteiger partial charge in [0.25, 0.3) is 5.91 Å². The van der Waals surface area contributed by atoms with Gasteiger partial charge < -0.3 is 4.98 Å². The third-order valence-corrected chi connectivity index (χ3v) is 4.15. The molecule has 3 rings (SSSR count). The largest absolute Gasteiger partial charge is 0.346 e. The van der Waals surface area contributed by atoms with Crippen molar-refractivity contribution in [1.82, 2.24) is 15.4 Å². The molecular formula is C18H11Cl2FN4O2. The molecule has 9 heteroatoms. The number of hydrazone groups is 1. The molecule has 0 saturated heterocycles. The van der Waals surface area contributed by atoms with Gasteiger partial charge in [-0.2, -0.15) is 10.1 Å². The molecule has 6 nitrogen and oxygen atoms in total. The zero-order chi connectivity index (χ0) is 19.4. The predicted octanol–water partition coefficient (Wildman–Crippen LogP) is 3.65. The first-order chi connectivity index (χ1) is 12.9. The van der Waals surface area contributed by atoms with Crippen molar-refractivity contribution in [2.75, 3.05) is 0 Å². The summed E-state index contributed by atoms with van der Waals surface area (Å²) in [5.41, 5.74) is 2.65. The summed E-state index contributed by atoms with van der Waals surface area (Å²) in [6.07, 6.45) is 1.29. The van der Waals surface area contributed by atoms with Crippen molar-refractivity contribution in [3.8, 4) is 11.3 Å². The molecule has 0 aliphatic rings. The van der Waals surface area contributed by atoms with E-state index in [0.29, 0.717) is 21.2 Å². The molecule has 0 atom stereocenters. The minimum atomic E-state index is -0.722. The first-order valence-corrected chi connectivity index (χ1v) is 8.34. The number of aromatic nitrogens is 2. The molecule has 0 aliphatic carbocycles. The Morgan fingerprint density at radius 2 is 1.81 bits per heavy atom. The number of rotatable bonds is 4. The average Bonchev–Trinajstić information content (AvgIpc) is 2.64. The minimum Gasteiger partial charge on any atom is -0.301 e. The molecule has 1 aromatic heterocycles. The Bertz CT molecular complexity index is 1060. The predicted molar refractivity (Wildman–Crippen MR) is 102 cm³/mol. The Labute approximate surface area is 162 Å². The summed E-state index contributed by atoms with van der Waals surface area (Å²) in [6.45, 7) is 0. The molecule has 2 aromatic carbocycles. The van der Waals surface area contributed by atoms with Crippen LogP contribution in [0.1, 0.15) is 16.1 Å². The summed E-state index contributed by atoms with van der Waals surface area (Å²) < 4.78 is 13.0. The lowest BCUT2D eigenvalue weighted by molar-refractivity contribution is 0.0949. The number of aromatic amines is 1. The van der Waals surface area contributed by atoms with Crippen molar-refractivity contribution in [3.05, 3.63) is 86.1 Å². The standard InChI is InChI=1S/C18H11Cl2FN4O2/c19-13-2-1-3-14(20)12(13)9-22-25-17(26)16-8-15(23-18(27)24-16)10-4-6-11(21)7-5-10/h1-9H,(H,25,26)(H,23,24,27)/b22-9+. The summed E-state index contributed by atoms with van der Waals surface area (Å²) in [5.74, 6) is -1.09. The van der Waals surface area contributed by atoms with Gasteiger partial charge in [-0.3, -0.25) is 4.79 Å². The maximum atomic E-state index is 13.0. The van der Waals surface area contributed by atoms with Crippen molar-refractivity contribution in [2.45, 2.75) is 0 Å². The van der Waals surface area contributed by atoms with Gasteiger partial charge in [0.05, 0.1) is 22.0 Å². The highest BCUT2D eigenvalue weighted by atomic mass is 35.5. The van der Waals surface area contributed by atoms with Gasteiger partial charge in [-0.15, -0.1) is 0 Å². The Balaban J connectivity index is 1.82. The molecule has 0 fully saturated rings. The Morgan fingerprint density at radius 1 is 1.15 bits per heavy atom. The van der Waals surface area contributed by atoms with Gasteiger partial charge in [-0.1, -0.05) is 29.3 Å². The van der Waals surface area contributed by atoms with Crippen LogP contribution in [0.15, 0.2) is 58.4 Å². The monoisotopic (exact) mass is 404 g/mol. The Kier molecular flexibility index (Phi) is 5.63.